The summed E-state index contributed by atoms with van der Waals surface area (Å²) in [6.45, 7) is 2.47. The molecule has 3 aromatic rings. The molecule has 0 fully saturated rings. The second-order valence-corrected chi connectivity index (χ2v) is 5.85. The average Bonchev–Trinajstić information content (AvgIpc) is 3.25. The first kappa shape index (κ1) is 14.6. The zero-order valence-corrected chi connectivity index (χ0v) is 13.1. The smallest absolute Gasteiger partial charge is 0.263 e. The van der Waals surface area contributed by atoms with Crippen LogP contribution in [0.25, 0.3) is 5.13 Å². The number of carbonyl (C=O) groups is 1. The molecule has 0 spiro atoms. The maximum atomic E-state index is 12.4. The van der Waals surface area contributed by atoms with Gasteiger partial charge in [-0.3, -0.25) is 4.79 Å². The van der Waals surface area contributed by atoms with Gasteiger partial charge in [-0.1, -0.05) is 24.7 Å². The third-order valence-electron chi connectivity index (χ3n) is 3.21. The molecule has 0 aliphatic carbocycles. The summed E-state index contributed by atoms with van der Waals surface area (Å²) in [7, 11) is 0. The van der Waals surface area contributed by atoms with Crippen LogP contribution in [-0.4, -0.2) is 15.5 Å². The van der Waals surface area contributed by atoms with Gasteiger partial charge in [-0.15, -0.1) is 0 Å². The molecule has 3 heterocycles. The van der Waals surface area contributed by atoms with Gasteiger partial charge < -0.3 is 14.3 Å². The minimum Gasteiger partial charge on any atom is -0.467 e. The van der Waals surface area contributed by atoms with Crippen LogP contribution in [0.4, 0.5) is 0 Å². The number of nitrogens with one attached hydrogen (secondary N) is 1. The molecule has 0 aliphatic heterocycles. The number of amides is 1. The van der Waals surface area contributed by atoms with Gasteiger partial charge in [0.15, 0.2) is 5.13 Å². The fourth-order valence-corrected chi connectivity index (χ4v) is 3.15. The molecule has 0 bridgehead atoms. The van der Waals surface area contributed by atoms with Crippen molar-refractivity contribution in [2.24, 2.45) is 0 Å². The first-order chi connectivity index (χ1) is 10.8. The van der Waals surface area contributed by atoms with E-state index in [2.05, 4.69) is 17.2 Å². The van der Waals surface area contributed by atoms with Crippen molar-refractivity contribution in [3.05, 3.63) is 59.3 Å². The maximum Gasteiger partial charge on any atom is 0.263 e. The largest absolute Gasteiger partial charge is 0.467 e. The Balaban J connectivity index is 1.80. The highest BCUT2D eigenvalue weighted by Gasteiger charge is 2.18. The minimum atomic E-state index is -0.101. The topological polar surface area (TPSA) is 60.1 Å². The van der Waals surface area contributed by atoms with Crippen LogP contribution >= 0.6 is 11.3 Å². The first-order valence-corrected chi connectivity index (χ1v) is 8.03. The first-order valence-electron chi connectivity index (χ1n) is 7.21. The molecule has 3 aromatic heterocycles. The van der Waals surface area contributed by atoms with Crippen LogP contribution in [0.5, 0.6) is 0 Å². The highest BCUT2D eigenvalue weighted by molar-refractivity contribution is 7.16. The standard InChI is InChI=1S/C16H17N3O2S/c1-2-6-13-14(15(20)17-11-12-7-5-10-21-12)22-16(18-13)19-8-3-4-9-19/h3-5,7-10H,2,6,11H2,1H3,(H,17,20). The molecule has 0 aliphatic rings. The van der Waals surface area contributed by atoms with Crippen LogP contribution in [0.1, 0.15) is 34.5 Å². The summed E-state index contributed by atoms with van der Waals surface area (Å²) in [4.78, 5) is 17.7. The van der Waals surface area contributed by atoms with E-state index >= 15 is 0 Å². The van der Waals surface area contributed by atoms with Crippen LogP contribution < -0.4 is 5.32 Å². The minimum absolute atomic E-state index is 0.101. The van der Waals surface area contributed by atoms with Crippen molar-refractivity contribution < 1.29 is 9.21 Å². The molecule has 6 heteroatoms. The van der Waals surface area contributed by atoms with Gasteiger partial charge in [0.1, 0.15) is 10.6 Å². The third-order valence-corrected chi connectivity index (χ3v) is 4.32. The van der Waals surface area contributed by atoms with E-state index in [1.807, 2.05) is 35.2 Å². The van der Waals surface area contributed by atoms with Crippen LogP contribution in [0, 0.1) is 0 Å². The predicted molar refractivity (Wildman–Crippen MR) is 85.3 cm³/mol. The summed E-state index contributed by atoms with van der Waals surface area (Å²) >= 11 is 1.41. The van der Waals surface area contributed by atoms with Gasteiger partial charge >= 0.3 is 0 Å². The highest BCUT2D eigenvalue weighted by Crippen LogP contribution is 2.23. The van der Waals surface area contributed by atoms with Gasteiger partial charge in [0, 0.05) is 12.4 Å². The number of nitrogens with zero attached hydrogens (tertiary/aromatic N) is 2. The molecule has 1 amide bonds. The summed E-state index contributed by atoms with van der Waals surface area (Å²) in [5, 5.41) is 3.70. The van der Waals surface area contributed by atoms with E-state index in [1.165, 1.54) is 11.3 Å². The number of hydrogen-bond acceptors (Lipinski definition) is 4. The molecule has 114 valence electrons. The molecule has 1 N–H and O–H groups in total. The Morgan fingerprint density at radius 2 is 2.18 bits per heavy atom. The van der Waals surface area contributed by atoms with Gasteiger partial charge in [-0.2, -0.15) is 0 Å². The SMILES string of the molecule is CCCc1nc(-n2cccc2)sc1C(=O)NCc1ccco1. The van der Waals surface area contributed by atoms with Crippen molar-refractivity contribution in [3.8, 4) is 5.13 Å². The van der Waals surface area contributed by atoms with Crippen molar-refractivity contribution >= 4 is 17.2 Å². The molecule has 0 atom stereocenters. The lowest BCUT2D eigenvalue weighted by molar-refractivity contribution is 0.0951. The van der Waals surface area contributed by atoms with E-state index in [-0.39, 0.29) is 5.91 Å². The number of hydrogen-bond donors (Lipinski definition) is 1. The molecule has 22 heavy (non-hydrogen) atoms. The number of aryl methyl sites for hydroxylation is 1. The quantitative estimate of drug-likeness (QED) is 0.758. The van der Waals surface area contributed by atoms with Gasteiger partial charge in [0.05, 0.1) is 18.5 Å². The summed E-state index contributed by atoms with van der Waals surface area (Å²) in [6, 6.07) is 7.53. The Morgan fingerprint density at radius 3 is 2.86 bits per heavy atom. The van der Waals surface area contributed by atoms with Crippen molar-refractivity contribution in [1.82, 2.24) is 14.9 Å². The van der Waals surface area contributed by atoms with E-state index in [4.69, 9.17) is 4.42 Å². The number of aromatic nitrogens is 2. The van der Waals surface area contributed by atoms with Crippen molar-refractivity contribution in [3.63, 3.8) is 0 Å². The fourth-order valence-electron chi connectivity index (χ4n) is 2.16. The predicted octanol–water partition coefficient (Wildman–Crippen LogP) is 3.41. The summed E-state index contributed by atoms with van der Waals surface area (Å²) < 4.78 is 7.15. The third kappa shape index (κ3) is 3.12. The van der Waals surface area contributed by atoms with E-state index < -0.39 is 0 Å². The Hall–Kier alpha value is -2.34. The van der Waals surface area contributed by atoms with E-state index in [9.17, 15) is 4.79 Å². The molecule has 0 unspecified atom stereocenters. The van der Waals surface area contributed by atoms with Crippen molar-refractivity contribution in [1.29, 1.82) is 0 Å². The van der Waals surface area contributed by atoms with E-state index in [1.54, 1.807) is 12.3 Å². The highest BCUT2D eigenvalue weighted by atomic mass is 32.1. The van der Waals surface area contributed by atoms with Crippen molar-refractivity contribution in [2.75, 3.05) is 0 Å². The van der Waals surface area contributed by atoms with Gasteiger partial charge in [0.2, 0.25) is 0 Å². The van der Waals surface area contributed by atoms with Gasteiger partial charge in [-0.25, -0.2) is 4.98 Å². The molecule has 0 saturated heterocycles. The van der Waals surface area contributed by atoms with Crippen LogP contribution in [0.3, 0.4) is 0 Å². The number of furan rings is 1. The Kier molecular flexibility index (Phi) is 4.39. The summed E-state index contributed by atoms with van der Waals surface area (Å²) in [6.07, 6.45) is 7.20. The second kappa shape index (κ2) is 6.62. The number of carbonyl (C=O) groups excluding carboxylic acids is 1. The lowest BCUT2D eigenvalue weighted by Crippen LogP contribution is -2.22. The Labute approximate surface area is 132 Å². The van der Waals surface area contributed by atoms with Crippen LogP contribution in [0.2, 0.25) is 0 Å². The van der Waals surface area contributed by atoms with E-state index in [0.29, 0.717) is 11.4 Å². The van der Waals surface area contributed by atoms with Crippen LogP contribution in [-0.2, 0) is 13.0 Å². The Morgan fingerprint density at radius 1 is 1.36 bits per heavy atom. The lowest BCUT2D eigenvalue weighted by atomic mass is 10.2. The molecule has 0 aromatic carbocycles. The van der Waals surface area contributed by atoms with Gasteiger partial charge in [0.25, 0.3) is 5.91 Å². The fraction of sp³-hybridized carbons (Fsp3) is 0.250. The Bertz CT molecular complexity index is 730. The summed E-state index contributed by atoms with van der Waals surface area (Å²) in [5.41, 5.74) is 0.855. The average molecular weight is 315 g/mol. The monoisotopic (exact) mass is 315 g/mol. The maximum absolute atomic E-state index is 12.4. The molecule has 3 rings (SSSR count). The lowest BCUT2D eigenvalue weighted by Gasteiger charge is -2.02. The molecule has 0 radical (unpaired) electrons. The number of rotatable bonds is 6. The van der Waals surface area contributed by atoms with E-state index in [0.717, 1.165) is 29.4 Å². The molecule has 0 saturated carbocycles. The molecule has 5 nitrogen and oxygen atoms in total. The second-order valence-electron chi connectivity index (χ2n) is 4.87. The summed E-state index contributed by atoms with van der Waals surface area (Å²) in [5.74, 6) is 0.635. The number of thiazole rings is 1. The molecular formula is C16H17N3O2S. The van der Waals surface area contributed by atoms with Crippen molar-refractivity contribution in [2.45, 2.75) is 26.3 Å². The molecular weight excluding hydrogens is 298 g/mol. The zero-order valence-electron chi connectivity index (χ0n) is 12.3. The zero-order chi connectivity index (χ0) is 15.4. The van der Waals surface area contributed by atoms with Gasteiger partial charge in [-0.05, 0) is 30.7 Å². The van der Waals surface area contributed by atoms with Crippen LogP contribution in [0.15, 0.2) is 47.3 Å². The normalized spacial score (nSPS) is 10.8.